The number of aryl methyl sites for hydroxylation is 2. The lowest BCUT2D eigenvalue weighted by Gasteiger charge is -2.20. The first-order chi connectivity index (χ1) is 19.7. The zero-order valence-electron chi connectivity index (χ0n) is 22.6. The maximum atomic E-state index is 4.32. The van der Waals surface area contributed by atoms with Crippen LogP contribution in [-0.4, -0.2) is 9.97 Å². The smallest absolute Gasteiger partial charge is 0.0346 e. The van der Waals surface area contributed by atoms with E-state index in [0.717, 1.165) is 11.1 Å². The minimum Gasteiger partial charge on any atom is -0.264 e. The van der Waals surface area contributed by atoms with Gasteiger partial charge in [-0.1, -0.05) is 97.1 Å². The van der Waals surface area contributed by atoms with Gasteiger partial charge in [-0.15, -0.1) is 0 Å². The third kappa shape index (κ3) is 4.06. The molecule has 0 spiro atoms. The van der Waals surface area contributed by atoms with Crippen LogP contribution in [0.3, 0.4) is 0 Å². The van der Waals surface area contributed by atoms with Crippen LogP contribution < -0.4 is 0 Å². The quantitative estimate of drug-likeness (QED) is 0.219. The Labute approximate surface area is 234 Å². The average molecular weight is 513 g/mol. The van der Waals surface area contributed by atoms with Gasteiger partial charge in [0, 0.05) is 24.8 Å². The summed E-state index contributed by atoms with van der Waals surface area (Å²) in [6.07, 6.45) is 7.49. The number of nitrogens with zero attached hydrogens (tertiary/aromatic N) is 2. The SMILES string of the molecule is Cc1cc(-c2cccnc2)ccc1-c1c2ccccc2c(-c2ccc(-c3cccnc3)cc2C)c2ccccc12. The highest BCUT2D eigenvalue weighted by atomic mass is 14.6. The first-order valence-corrected chi connectivity index (χ1v) is 13.7. The van der Waals surface area contributed by atoms with Crippen LogP contribution >= 0.6 is 0 Å². The van der Waals surface area contributed by atoms with Gasteiger partial charge in [0.25, 0.3) is 0 Å². The summed E-state index contributed by atoms with van der Waals surface area (Å²) in [5.41, 5.74) is 12.2. The highest BCUT2D eigenvalue weighted by Crippen LogP contribution is 2.45. The lowest BCUT2D eigenvalue weighted by molar-refractivity contribution is 1.33. The Morgan fingerprint density at radius 2 is 0.800 bits per heavy atom. The molecule has 2 nitrogen and oxygen atoms in total. The molecule has 0 fully saturated rings. The van der Waals surface area contributed by atoms with Crippen LogP contribution in [0.1, 0.15) is 11.1 Å². The minimum atomic E-state index is 1.13. The Balaban J connectivity index is 1.48. The largest absolute Gasteiger partial charge is 0.264 e. The Bertz CT molecular complexity index is 1800. The zero-order chi connectivity index (χ0) is 27.1. The molecule has 40 heavy (non-hydrogen) atoms. The van der Waals surface area contributed by atoms with E-state index in [1.807, 2.05) is 36.9 Å². The fraction of sp³-hybridized carbons (Fsp3) is 0.0526. The molecule has 0 aliphatic rings. The van der Waals surface area contributed by atoms with E-state index in [1.54, 1.807) is 0 Å². The average Bonchev–Trinajstić information content (AvgIpc) is 3.01. The molecule has 2 heterocycles. The van der Waals surface area contributed by atoms with Crippen molar-refractivity contribution >= 4 is 21.5 Å². The molecule has 0 aliphatic heterocycles. The molecule has 2 aromatic heterocycles. The summed E-state index contributed by atoms with van der Waals surface area (Å²) >= 11 is 0. The molecule has 0 radical (unpaired) electrons. The number of pyridine rings is 2. The van der Waals surface area contributed by atoms with Crippen molar-refractivity contribution in [2.75, 3.05) is 0 Å². The van der Waals surface area contributed by atoms with E-state index in [0.29, 0.717) is 0 Å². The van der Waals surface area contributed by atoms with Gasteiger partial charge < -0.3 is 0 Å². The van der Waals surface area contributed by atoms with Crippen LogP contribution in [0.4, 0.5) is 0 Å². The molecule has 0 bridgehead atoms. The Kier molecular flexibility index (Phi) is 5.94. The van der Waals surface area contributed by atoms with Crippen LogP contribution in [0.2, 0.25) is 0 Å². The molecule has 5 aromatic carbocycles. The molecule has 190 valence electrons. The molecule has 2 heteroatoms. The van der Waals surface area contributed by atoms with Gasteiger partial charge in [0.1, 0.15) is 0 Å². The summed E-state index contributed by atoms with van der Waals surface area (Å²) in [6.45, 7) is 4.43. The Morgan fingerprint density at radius 1 is 0.400 bits per heavy atom. The first kappa shape index (κ1) is 24.0. The van der Waals surface area contributed by atoms with Gasteiger partial charge in [-0.25, -0.2) is 0 Å². The fourth-order valence-electron chi connectivity index (χ4n) is 6.02. The van der Waals surface area contributed by atoms with Crippen molar-refractivity contribution in [2.24, 2.45) is 0 Å². The summed E-state index contributed by atoms with van der Waals surface area (Å²) in [7, 11) is 0. The monoisotopic (exact) mass is 512 g/mol. The molecular weight excluding hydrogens is 484 g/mol. The second kappa shape index (κ2) is 9.91. The first-order valence-electron chi connectivity index (χ1n) is 13.7. The van der Waals surface area contributed by atoms with Crippen molar-refractivity contribution in [1.82, 2.24) is 9.97 Å². The Hall–Kier alpha value is -5.08. The standard InChI is InChI=1S/C38H28N2/c1-25-21-27(29-9-7-19-39-23-29)15-17-31(25)37-33-11-3-5-13-35(33)38(36-14-6-4-12-34(36)37)32-18-16-28(22-26(32)2)30-10-8-20-40-24-30/h3-24H,1-2H3. The van der Waals surface area contributed by atoms with Crippen molar-refractivity contribution in [1.29, 1.82) is 0 Å². The van der Waals surface area contributed by atoms with Gasteiger partial charge in [0.2, 0.25) is 0 Å². The molecule has 0 N–H and O–H groups in total. The maximum absolute atomic E-state index is 4.32. The summed E-state index contributed by atoms with van der Waals surface area (Å²) in [6, 6.07) is 39.5. The predicted molar refractivity (Wildman–Crippen MR) is 168 cm³/mol. The Morgan fingerprint density at radius 3 is 1.12 bits per heavy atom. The lowest BCUT2D eigenvalue weighted by Crippen LogP contribution is -1.94. The summed E-state index contributed by atoms with van der Waals surface area (Å²) in [4.78, 5) is 8.64. The molecular formula is C38H28N2. The lowest BCUT2D eigenvalue weighted by atomic mass is 9.83. The molecule has 0 atom stereocenters. The second-order valence-corrected chi connectivity index (χ2v) is 10.4. The van der Waals surface area contributed by atoms with Gasteiger partial charge >= 0.3 is 0 Å². The summed E-state index contributed by atoms with van der Waals surface area (Å²) in [5.74, 6) is 0. The van der Waals surface area contributed by atoms with Gasteiger partial charge in [0.15, 0.2) is 0 Å². The zero-order valence-corrected chi connectivity index (χ0v) is 22.6. The molecule has 0 unspecified atom stereocenters. The van der Waals surface area contributed by atoms with Crippen LogP contribution in [0.5, 0.6) is 0 Å². The maximum Gasteiger partial charge on any atom is 0.0346 e. The third-order valence-corrected chi connectivity index (χ3v) is 7.91. The topological polar surface area (TPSA) is 25.8 Å². The van der Waals surface area contributed by atoms with E-state index in [4.69, 9.17) is 0 Å². The number of hydrogen-bond donors (Lipinski definition) is 0. The van der Waals surface area contributed by atoms with Gasteiger partial charge in [-0.05, 0) is 103 Å². The van der Waals surface area contributed by atoms with E-state index in [2.05, 4.69) is 121 Å². The van der Waals surface area contributed by atoms with E-state index >= 15 is 0 Å². The van der Waals surface area contributed by atoms with Crippen LogP contribution in [0.15, 0.2) is 134 Å². The van der Waals surface area contributed by atoms with E-state index in [9.17, 15) is 0 Å². The number of rotatable bonds is 4. The molecule has 0 saturated carbocycles. The van der Waals surface area contributed by atoms with Crippen LogP contribution in [0.25, 0.3) is 66.1 Å². The molecule has 7 rings (SSSR count). The molecule has 7 aromatic rings. The second-order valence-electron chi connectivity index (χ2n) is 10.4. The van der Waals surface area contributed by atoms with E-state index in [1.165, 1.54) is 66.1 Å². The molecule has 0 aliphatic carbocycles. The number of hydrogen-bond acceptors (Lipinski definition) is 2. The highest BCUT2D eigenvalue weighted by Gasteiger charge is 2.19. The van der Waals surface area contributed by atoms with E-state index in [-0.39, 0.29) is 0 Å². The van der Waals surface area contributed by atoms with Gasteiger partial charge in [-0.3, -0.25) is 9.97 Å². The molecule has 0 saturated heterocycles. The highest BCUT2D eigenvalue weighted by molar-refractivity contribution is 6.21. The number of aromatic nitrogens is 2. The fourth-order valence-corrected chi connectivity index (χ4v) is 6.02. The van der Waals surface area contributed by atoms with E-state index < -0.39 is 0 Å². The third-order valence-electron chi connectivity index (χ3n) is 7.91. The van der Waals surface area contributed by atoms with Crippen molar-refractivity contribution in [2.45, 2.75) is 13.8 Å². The summed E-state index contributed by atoms with van der Waals surface area (Å²) in [5, 5.41) is 5.07. The van der Waals surface area contributed by atoms with Crippen molar-refractivity contribution < 1.29 is 0 Å². The van der Waals surface area contributed by atoms with Crippen molar-refractivity contribution in [3.63, 3.8) is 0 Å². The molecule has 0 amide bonds. The van der Waals surface area contributed by atoms with Crippen LogP contribution in [0, 0.1) is 13.8 Å². The van der Waals surface area contributed by atoms with Gasteiger partial charge in [-0.2, -0.15) is 0 Å². The predicted octanol–water partition coefficient (Wildman–Crippen LogP) is 10.1. The number of fused-ring (bicyclic) bond motifs is 2. The normalized spacial score (nSPS) is 11.2. The van der Waals surface area contributed by atoms with Crippen molar-refractivity contribution in [3.05, 3.63) is 145 Å². The minimum absolute atomic E-state index is 1.13. The van der Waals surface area contributed by atoms with Gasteiger partial charge in [0.05, 0.1) is 0 Å². The summed E-state index contributed by atoms with van der Waals surface area (Å²) < 4.78 is 0. The van der Waals surface area contributed by atoms with Crippen molar-refractivity contribution in [3.8, 4) is 44.5 Å². The number of benzene rings is 5. The van der Waals surface area contributed by atoms with Crippen LogP contribution in [-0.2, 0) is 0 Å².